The highest BCUT2D eigenvalue weighted by Crippen LogP contribution is 2.34. The lowest BCUT2D eigenvalue weighted by Crippen LogP contribution is -2.04. The van der Waals surface area contributed by atoms with Gasteiger partial charge < -0.3 is 10.5 Å². The van der Waals surface area contributed by atoms with Gasteiger partial charge in [0, 0.05) is 5.33 Å². The SMILES string of the molecule is COc1cnc(CBr)c(C(F)F)c1N. The number of pyridine rings is 1. The van der Waals surface area contributed by atoms with Crippen LogP contribution in [0, 0.1) is 0 Å². The molecule has 0 spiro atoms. The Hall–Kier alpha value is -0.910. The summed E-state index contributed by atoms with van der Waals surface area (Å²) in [5.74, 6) is 0.171. The molecule has 78 valence electrons. The first-order valence-electron chi connectivity index (χ1n) is 3.77. The number of nitrogen functional groups attached to an aromatic ring is 1. The Bertz CT molecular complexity index is 333. The molecule has 0 aliphatic heterocycles. The zero-order valence-electron chi connectivity index (χ0n) is 7.43. The van der Waals surface area contributed by atoms with E-state index in [1.807, 2.05) is 0 Å². The zero-order chi connectivity index (χ0) is 10.7. The lowest BCUT2D eigenvalue weighted by molar-refractivity contribution is 0.150. The average molecular weight is 267 g/mol. The highest BCUT2D eigenvalue weighted by atomic mass is 79.9. The number of hydrogen-bond acceptors (Lipinski definition) is 3. The molecule has 3 nitrogen and oxygen atoms in total. The number of nitrogens with zero attached hydrogens (tertiary/aromatic N) is 1. The summed E-state index contributed by atoms with van der Waals surface area (Å²) < 4.78 is 30.0. The van der Waals surface area contributed by atoms with Crippen molar-refractivity contribution >= 4 is 21.6 Å². The molecule has 0 bridgehead atoms. The number of anilines is 1. The van der Waals surface area contributed by atoms with E-state index >= 15 is 0 Å². The van der Waals surface area contributed by atoms with E-state index in [0.717, 1.165) is 0 Å². The second-order valence-corrected chi connectivity index (χ2v) is 3.10. The summed E-state index contributed by atoms with van der Waals surface area (Å²) in [6.07, 6.45) is -1.32. The first-order chi connectivity index (χ1) is 6.61. The van der Waals surface area contributed by atoms with Gasteiger partial charge in [-0.15, -0.1) is 0 Å². The van der Waals surface area contributed by atoms with Crippen molar-refractivity contribution in [3.05, 3.63) is 17.5 Å². The normalized spacial score (nSPS) is 10.6. The van der Waals surface area contributed by atoms with Gasteiger partial charge in [-0.05, 0) is 0 Å². The number of rotatable bonds is 3. The maximum atomic E-state index is 12.6. The Labute approximate surface area is 88.4 Å². The van der Waals surface area contributed by atoms with Gasteiger partial charge in [-0.25, -0.2) is 8.78 Å². The number of nitrogens with two attached hydrogens (primary N) is 1. The highest BCUT2D eigenvalue weighted by molar-refractivity contribution is 9.08. The quantitative estimate of drug-likeness (QED) is 0.856. The Kier molecular flexibility index (Phi) is 3.62. The van der Waals surface area contributed by atoms with Gasteiger partial charge in [0.15, 0.2) is 5.75 Å². The molecule has 0 saturated carbocycles. The van der Waals surface area contributed by atoms with Crippen LogP contribution in [-0.2, 0) is 5.33 Å². The molecule has 1 aromatic rings. The second kappa shape index (κ2) is 4.54. The van der Waals surface area contributed by atoms with Crippen molar-refractivity contribution in [3.63, 3.8) is 0 Å². The molecule has 0 aliphatic rings. The van der Waals surface area contributed by atoms with Gasteiger partial charge in [0.1, 0.15) is 0 Å². The first kappa shape index (κ1) is 11.2. The molecule has 2 N–H and O–H groups in total. The predicted octanol–water partition coefficient (Wildman–Crippen LogP) is 2.50. The van der Waals surface area contributed by atoms with Crippen molar-refractivity contribution in [2.75, 3.05) is 12.8 Å². The number of aromatic nitrogens is 1. The number of halogens is 3. The van der Waals surface area contributed by atoms with Crippen LogP contribution >= 0.6 is 15.9 Å². The van der Waals surface area contributed by atoms with Crippen molar-refractivity contribution in [1.29, 1.82) is 0 Å². The maximum absolute atomic E-state index is 12.6. The fraction of sp³-hybridized carbons (Fsp3) is 0.375. The molecule has 0 fully saturated rings. The van der Waals surface area contributed by atoms with E-state index in [2.05, 4.69) is 20.9 Å². The molecule has 1 aromatic heterocycles. The second-order valence-electron chi connectivity index (χ2n) is 2.53. The molecule has 1 rings (SSSR count). The monoisotopic (exact) mass is 266 g/mol. The number of ether oxygens (including phenoxy) is 1. The summed E-state index contributed by atoms with van der Waals surface area (Å²) in [5, 5.41) is 0.237. The summed E-state index contributed by atoms with van der Waals surface area (Å²) in [6.45, 7) is 0. The van der Waals surface area contributed by atoms with Gasteiger partial charge in [0.05, 0.1) is 30.3 Å². The standard InChI is InChI=1S/C8H9BrF2N2O/c1-14-5-3-13-4(2-9)6(7(5)12)8(10)11/h3,8H,2H2,1H3,(H2,12,13). The largest absolute Gasteiger partial charge is 0.493 e. The van der Waals surface area contributed by atoms with Crippen LogP contribution in [0.25, 0.3) is 0 Å². The summed E-state index contributed by atoms with van der Waals surface area (Å²) >= 11 is 3.07. The molecule has 0 atom stereocenters. The third-order valence-electron chi connectivity index (χ3n) is 1.77. The molecule has 1 heterocycles. The van der Waals surface area contributed by atoms with Crippen LogP contribution in [0.5, 0.6) is 5.75 Å². The Morgan fingerprint density at radius 1 is 1.64 bits per heavy atom. The van der Waals surface area contributed by atoms with E-state index in [0.29, 0.717) is 0 Å². The smallest absolute Gasteiger partial charge is 0.267 e. The van der Waals surface area contributed by atoms with Crippen LogP contribution in [0.1, 0.15) is 17.7 Å². The van der Waals surface area contributed by atoms with E-state index in [-0.39, 0.29) is 28.0 Å². The van der Waals surface area contributed by atoms with E-state index in [1.54, 1.807) is 0 Å². The third kappa shape index (κ3) is 1.95. The van der Waals surface area contributed by atoms with Crippen LogP contribution in [-0.4, -0.2) is 12.1 Å². The third-order valence-corrected chi connectivity index (χ3v) is 2.30. The molecule has 0 amide bonds. The molecule has 0 unspecified atom stereocenters. The molecule has 0 aliphatic carbocycles. The van der Waals surface area contributed by atoms with Crippen molar-refractivity contribution < 1.29 is 13.5 Å². The predicted molar refractivity (Wildman–Crippen MR) is 52.8 cm³/mol. The lowest BCUT2D eigenvalue weighted by atomic mass is 10.1. The molecular formula is C8H9BrF2N2O. The van der Waals surface area contributed by atoms with Crippen molar-refractivity contribution in [2.24, 2.45) is 0 Å². The summed E-state index contributed by atoms with van der Waals surface area (Å²) in [4.78, 5) is 3.82. The van der Waals surface area contributed by atoms with E-state index in [1.165, 1.54) is 13.3 Å². The van der Waals surface area contributed by atoms with Gasteiger partial charge in [-0.2, -0.15) is 0 Å². The lowest BCUT2D eigenvalue weighted by Gasteiger charge is -2.11. The minimum absolute atomic E-state index is 0.0491. The number of alkyl halides is 3. The molecular weight excluding hydrogens is 258 g/mol. The average Bonchev–Trinajstić information content (AvgIpc) is 2.16. The van der Waals surface area contributed by atoms with E-state index in [4.69, 9.17) is 10.5 Å². The molecule has 6 heteroatoms. The van der Waals surface area contributed by atoms with Crippen LogP contribution in [0.15, 0.2) is 6.20 Å². The fourth-order valence-corrected chi connectivity index (χ4v) is 1.52. The first-order valence-corrected chi connectivity index (χ1v) is 4.89. The van der Waals surface area contributed by atoms with Crippen LogP contribution in [0.3, 0.4) is 0 Å². The minimum atomic E-state index is -2.65. The Morgan fingerprint density at radius 3 is 2.71 bits per heavy atom. The minimum Gasteiger partial charge on any atom is -0.493 e. The summed E-state index contributed by atoms with van der Waals surface area (Å²) in [7, 11) is 1.36. The van der Waals surface area contributed by atoms with Crippen molar-refractivity contribution in [3.8, 4) is 5.75 Å². The topological polar surface area (TPSA) is 48.1 Å². The van der Waals surface area contributed by atoms with Gasteiger partial charge in [0.2, 0.25) is 0 Å². The van der Waals surface area contributed by atoms with Crippen LogP contribution in [0.2, 0.25) is 0 Å². The molecule has 14 heavy (non-hydrogen) atoms. The van der Waals surface area contributed by atoms with Crippen LogP contribution < -0.4 is 10.5 Å². The molecule has 0 aromatic carbocycles. The number of methoxy groups -OCH3 is 1. The Balaban J connectivity index is 3.31. The maximum Gasteiger partial charge on any atom is 0.267 e. The van der Waals surface area contributed by atoms with Gasteiger partial charge in [0.25, 0.3) is 6.43 Å². The summed E-state index contributed by atoms with van der Waals surface area (Å²) in [6, 6.07) is 0. The van der Waals surface area contributed by atoms with Gasteiger partial charge >= 0.3 is 0 Å². The van der Waals surface area contributed by atoms with E-state index < -0.39 is 6.43 Å². The number of hydrogen-bond donors (Lipinski definition) is 1. The van der Waals surface area contributed by atoms with Gasteiger partial charge in [-0.1, -0.05) is 15.9 Å². The Morgan fingerprint density at radius 2 is 2.29 bits per heavy atom. The molecule has 0 saturated heterocycles. The fourth-order valence-electron chi connectivity index (χ4n) is 1.08. The summed E-state index contributed by atoms with van der Waals surface area (Å²) in [5.41, 5.74) is 5.43. The van der Waals surface area contributed by atoms with Crippen molar-refractivity contribution in [1.82, 2.24) is 4.98 Å². The molecule has 0 radical (unpaired) electrons. The van der Waals surface area contributed by atoms with E-state index in [9.17, 15) is 8.78 Å². The zero-order valence-corrected chi connectivity index (χ0v) is 9.01. The van der Waals surface area contributed by atoms with Gasteiger partial charge in [-0.3, -0.25) is 4.98 Å². The highest BCUT2D eigenvalue weighted by Gasteiger charge is 2.20. The van der Waals surface area contributed by atoms with Crippen molar-refractivity contribution in [2.45, 2.75) is 11.8 Å². The van der Waals surface area contributed by atoms with Crippen LogP contribution in [0.4, 0.5) is 14.5 Å².